The number of aryl methyl sites for hydroxylation is 1. The molecule has 1 saturated carbocycles. The highest BCUT2D eigenvalue weighted by Crippen LogP contribution is 2.43. The third kappa shape index (κ3) is 4.42. The lowest BCUT2D eigenvalue weighted by Crippen LogP contribution is -2.48. The average molecular weight is 344 g/mol. The first-order valence-electron chi connectivity index (χ1n) is 9.46. The number of hydrogen-bond donors (Lipinski definition) is 0. The zero-order chi connectivity index (χ0) is 17.9. The van der Waals surface area contributed by atoms with Crippen molar-refractivity contribution in [2.24, 2.45) is 5.92 Å². The van der Waals surface area contributed by atoms with Crippen molar-refractivity contribution in [3.05, 3.63) is 29.8 Å². The van der Waals surface area contributed by atoms with Gasteiger partial charge < -0.3 is 9.47 Å². The van der Waals surface area contributed by atoms with E-state index in [4.69, 9.17) is 9.47 Å². The molecule has 0 bridgehead atoms. The van der Waals surface area contributed by atoms with E-state index in [0.29, 0.717) is 12.3 Å². The average Bonchev–Trinajstić information content (AvgIpc) is 3.08. The Hall–Kier alpha value is -1.84. The van der Waals surface area contributed by atoms with Crippen LogP contribution in [0.4, 0.5) is 0 Å². The van der Waals surface area contributed by atoms with Gasteiger partial charge in [0.1, 0.15) is 23.6 Å². The van der Waals surface area contributed by atoms with Crippen molar-refractivity contribution in [3.8, 4) is 5.75 Å². The molecule has 0 spiro atoms. The highest BCUT2D eigenvalue weighted by atomic mass is 16.6. The highest BCUT2D eigenvalue weighted by Gasteiger charge is 2.47. The Morgan fingerprint density at radius 2 is 1.84 bits per heavy atom. The van der Waals surface area contributed by atoms with Crippen molar-refractivity contribution in [1.29, 1.82) is 0 Å². The summed E-state index contributed by atoms with van der Waals surface area (Å²) in [6.45, 7) is 4.02. The fourth-order valence-electron chi connectivity index (χ4n) is 4.24. The lowest BCUT2D eigenvalue weighted by Gasteiger charge is -2.41. The van der Waals surface area contributed by atoms with Gasteiger partial charge in [0.25, 0.3) is 0 Å². The molecule has 1 aromatic carbocycles. The summed E-state index contributed by atoms with van der Waals surface area (Å²) in [5, 5.41) is 0. The zero-order valence-corrected chi connectivity index (χ0v) is 15.3. The SMILES string of the molecule is CC(C)Oc1ccc(CCC2(C3CCCC3)CC(=O)CC(=O)O2)cc1. The molecule has 1 saturated heterocycles. The van der Waals surface area contributed by atoms with Gasteiger partial charge in [-0.05, 0) is 63.1 Å². The molecule has 0 N–H and O–H groups in total. The Morgan fingerprint density at radius 1 is 1.16 bits per heavy atom. The predicted octanol–water partition coefficient (Wildman–Crippen LogP) is 4.24. The molecule has 136 valence electrons. The second kappa shape index (κ2) is 7.59. The lowest BCUT2D eigenvalue weighted by atomic mass is 9.76. The van der Waals surface area contributed by atoms with Crippen molar-refractivity contribution in [1.82, 2.24) is 0 Å². The van der Waals surface area contributed by atoms with Gasteiger partial charge >= 0.3 is 5.97 Å². The molecule has 0 radical (unpaired) electrons. The minimum atomic E-state index is -0.587. The van der Waals surface area contributed by atoms with Crippen LogP contribution in [0.3, 0.4) is 0 Å². The Bertz CT molecular complexity index is 595. The Kier molecular flexibility index (Phi) is 5.45. The van der Waals surface area contributed by atoms with Crippen LogP contribution in [0.2, 0.25) is 0 Å². The second-order valence-corrected chi connectivity index (χ2v) is 7.72. The number of ketones is 1. The van der Waals surface area contributed by atoms with Crippen molar-refractivity contribution in [2.75, 3.05) is 0 Å². The van der Waals surface area contributed by atoms with Gasteiger partial charge in [0.15, 0.2) is 0 Å². The summed E-state index contributed by atoms with van der Waals surface area (Å²) in [5.41, 5.74) is 0.596. The van der Waals surface area contributed by atoms with Gasteiger partial charge in [0, 0.05) is 6.42 Å². The predicted molar refractivity (Wildman–Crippen MR) is 95.5 cm³/mol. The number of rotatable bonds is 6. The summed E-state index contributed by atoms with van der Waals surface area (Å²) in [7, 11) is 0. The highest BCUT2D eigenvalue weighted by molar-refractivity contribution is 5.98. The number of carbonyl (C=O) groups is 2. The third-order valence-electron chi connectivity index (χ3n) is 5.39. The van der Waals surface area contributed by atoms with Crippen molar-refractivity contribution >= 4 is 11.8 Å². The molecule has 3 rings (SSSR count). The number of Topliss-reactive ketones (excluding diaryl/α,β-unsaturated/α-hetero) is 1. The number of benzene rings is 1. The molecule has 1 aromatic rings. The molecule has 2 aliphatic rings. The fourth-order valence-corrected chi connectivity index (χ4v) is 4.24. The van der Waals surface area contributed by atoms with Crippen LogP contribution in [-0.4, -0.2) is 23.5 Å². The molecular weight excluding hydrogens is 316 g/mol. The first-order chi connectivity index (χ1) is 12.0. The minimum absolute atomic E-state index is 0.0313. The molecular formula is C21H28O4. The van der Waals surface area contributed by atoms with E-state index in [1.165, 1.54) is 18.4 Å². The summed E-state index contributed by atoms with van der Waals surface area (Å²) in [5.74, 6) is 0.875. The Labute approximate surface area is 149 Å². The molecule has 25 heavy (non-hydrogen) atoms. The first kappa shape index (κ1) is 18.0. The topological polar surface area (TPSA) is 52.6 Å². The van der Waals surface area contributed by atoms with E-state index in [0.717, 1.165) is 31.4 Å². The standard InChI is InChI=1S/C21H28O4/c1-15(2)24-19-9-7-16(8-10-19)11-12-21(17-5-3-4-6-17)14-18(22)13-20(23)25-21/h7-10,15,17H,3-6,11-14H2,1-2H3. The van der Waals surface area contributed by atoms with Gasteiger partial charge in [-0.25, -0.2) is 0 Å². The monoisotopic (exact) mass is 344 g/mol. The smallest absolute Gasteiger partial charge is 0.313 e. The number of hydrogen-bond acceptors (Lipinski definition) is 4. The maximum absolute atomic E-state index is 12.1. The second-order valence-electron chi connectivity index (χ2n) is 7.72. The van der Waals surface area contributed by atoms with Gasteiger partial charge in [0.2, 0.25) is 0 Å². The molecule has 4 nitrogen and oxygen atoms in total. The summed E-state index contributed by atoms with van der Waals surface area (Å²) >= 11 is 0. The van der Waals surface area contributed by atoms with E-state index in [2.05, 4.69) is 12.1 Å². The summed E-state index contributed by atoms with van der Waals surface area (Å²) < 4.78 is 11.5. The number of ether oxygens (including phenoxy) is 2. The maximum atomic E-state index is 12.1. The summed E-state index contributed by atoms with van der Waals surface area (Å²) in [4.78, 5) is 24.0. The molecule has 4 heteroatoms. The Balaban J connectivity index is 1.70. The number of esters is 1. The van der Waals surface area contributed by atoms with E-state index in [9.17, 15) is 9.59 Å². The summed E-state index contributed by atoms with van der Waals surface area (Å²) in [6.07, 6.45) is 6.46. The van der Waals surface area contributed by atoms with Gasteiger partial charge in [-0.2, -0.15) is 0 Å². The van der Waals surface area contributed by atoms with Crippen LogP contribution in [0.15, 0.2) is 24.3 Å². The maximum Gasteiger partial charge on any atom is 0.313 e. The zero-order valence-electron chi connectivity index (χ0n) is 15.3. The normalized spacial score (nSPS) is 24.6. The van der Waals surface area contributed by atoms with Gasteiger partial charge in [-0.3, -0.25) is 9.59 Å². The van der Waals surface area contributed by atoms with Gasteiger partial charge in [-0.1, -0.05) is 25.0 Å². The molecule has 1 atom stereocenters. The van der Waals surface area contributed by atoms with Crippen molar-refractivity contribution in [3.63, 3.8) is 0 Å². The molecule has 0 amide bonds. The molecule has 1 aliphatic carbocycles. The van der Waals surface area contributed by atoms with Crippen LogP contribution >= 0.6 is 0 Å². The van der Waals surface area contributed by atoms with Gasteiger partial charge in [0.05, 0.1) is 6.10 Å². The number of carbonyl (C=O) groups excluding carboxylic acids is 2. The van der Waals surface area contributed by atoms with Crippen molar-refractivity contribution < 1.29 is 19.1 Å². The van der Waals surface area contributed by atoms with Crippen LogP contribution < -0.4 is 4.74 Å². The van der Waals surface area contributed by atoms with E-state index >= 15 is 0 Å². The van der Waals surface area contributed by atoms with E-state index in [1.807, 2.05) is 26.0 Å². The minimum Gasteiger partial charge on any atom is -0.491 e. The number of cyclic esters (lactones) is 1. The van der Waals surface area contributed by atoms with E-state index < -0.39 is 5.60 Å². The fraction of sp³-hybridized carbons (Fsp3) is 0.619. The third-order valence-corrected chi connectivity index (χ3v) is 5.39. The van der Waals surface area contributed by atoms with Crippen molar-refractivity contribution in [2.45, 2.75) is 76.9 Å². The largest absolute Gasteiger partial charge is 0.491 e. The lowest BCUT2D eigenvalue weighted by molar-refractivity contribution is -0.178. The van der Waals surface area contributed by atoms with Crippen LogP contribution in [0.1, 0.15) is 64.4 Å². The van der Waals surface area contributed by atoms with E-state index in [-0.39, 0.29) is 24.3 Å². The van der Waals surface area contributed by atoms with Crippen LogP contribution in [0, 0.1) is 5.92 Å². The van der Waals surface area contributed by atoms with Crippen LogP contribution in [-0.2, 0) is 20.7 Å². The Morgan fingerprint density at radius 3 is 2.44 bits per heavy atom. The summed E-state index contributed by atoms with van der Waals surface area (Å²) in [6, 6.07) is 8.09. The van der Waals surface area contributed by atoms with Crippen LogP contribution in [0.25, 0.3) is 0 Å². The molecule has 1 heterocycles. The molecule has 2 fully saturated rings. The molecule has 0 aromatic heterocycles. The van der Waals surface area contributed by atoms with Gasteiger partial charge in [-0.15, -0.1) is 0 Å². The molecule has 1 unspecified atom stereocenters. The molecule has 1 aliphatic heterocycles. The van der Waals surface area contributed by atoms with Crippen LogP contribution in [0.5, 0.6) is 5.75 Å². The van der Waals surface area contributed by atoms with E-state index in [1.54, 1.807) is 0 Å². The first-order valence-corrected chi connectivity index (χ1v) is 9.46. The quantitative estimate of drug-likeness (QED) is 0.572.